The summed E-state index contributed by atoms with van der Waals surface area (Å²) >= 11 is 0. The van der Waals surface area contributed by atoms with E-state index in [0.717, 1.165) is 22.4 Å². The van der Waals surface area contributed by atoms with Crippen LogP contribution in [0.5, 0.6) is 5.75 Å². The summed E-state index contributed by atoms with van der Waals surface area (Å²) in [6.45, 7) is 3.64. The highest BCUT2D eigenvalue weighted by Crippen LogP contribution is 2.30. The standard InChI is InChI=1S/C19H20O3/c1-13-6-4-7-15(10-13)18(11-14(2)19(20)21)16-8-5-9-17(12-16)22-3/h4-12,18H,1-3H3,(H,20,21)/b14-11+. The van der Waals surface area contributed by atoms with E-state index < -0.39 is 5.97 Å². The van der Waals surface area contributed by atoms with E-state index >= 15 is 0 Å². The molecule has 3 heteroatoms. The molecule has 0 aliphatic heterocycles. The second-order valence-corrected chi connectivity index (χ2v) is 5.32. The number of carbonyl (C=O) groups is 1. The van der Waals surface area contributed by atoms with Gasteiger partial charge in [-0.25, -0.2) is 4.79 Å². The van der Waals surface area contributed by atoms with Gasteiger partial charge in [0.1, 0.15) is 5.75 Å². The molecule has 0 saturated carbocycles. The predicted octanol–water partition coefficient (Wildman–Crippen LogP) is 4.17. The molecule has 0 aromatic heterocycles. The second kappa shape index (κ2) is 6.94. The topological polar surface area (TPSA) is 46.5 Å². The van der Waals surface area contributed by atoms with Crippen molar-refractivity contribution in [2.45, 2.75) is 19.8 Å². The lowest BCUT2D eigenvalue weighted by Crippen LogP contribution is -2.04. The van der Waals surface area contributed by atoms with Crippen molar-refractivity contribution in [2.24, 2.45) is 0 Å². The summed E-state index contributed by atoms with van der Waals surface area (Å²) in [6, 6.07) is 15.8. The fourth-order valence-corrected chi connectivity index (χ4v) is 2.40. The molecule has 2 aromatic rings. The van der Waals surface area contributed by atoms with E-state index in [0.29, 0.717) is 5.57 Å². The molecule has 2 aromatic carbocycles. The lowest BCUT2D eigenvalue weighted by atomic mass is 9.88. The minimum atomic E-state index is -0.902. The van der Waals surface area contributed by atoms with Crippen molar-refractivity contribution in [3.05, 3.63) is 76.9 Å². The van der Waals surface area contributed by atoms with Gasteiger partial charge in [-0.15, -0.1) is 0 Å². The Labute approximate surface area is 130 Å². The van der Waals surface area contributed by atoms with Gasteiger partial charge in [0, 0.05) is 11.5 Å². The zero-order chi connectivity index (χ0) is 16.1. The van der Waals surface area contributed by atoms with Gasteiger partial charge in [-0.1, -0.05) is 48.0 Å². The summed E-state index contributed by atoms with van der Waals surface area (Å²) < 4.78 is 5.28. The highest BCUT2D eigenvalue weighted by atomic mass is 16.5. The van der Waals surface area contributed by atoms with E-state index in [1.165, 1.54) is 0 Å². The highest BCUT2D eigenvalue weighted by Gasteiger charge is 2.15. The van der Waals surface area contributed by atoms with Crippen molar-refractivity contribution in [3.63, 3.8) is 0 Å². The summed E-state index contributed by atoms with van der Waals surface area (Å²) in [7, 11) is 1.62. The number of benzene rings is 2. The molecular formula is C19H20O3. The summed E-state index contributed by atoms with van der Waals surface area (Å²) in [4.78, 5) is 11.2. The van der Waals surface area contributed by atoms with Crippen molar-refractivity contribution in [3.8, 4) is 5.75 Å². The van der Waals surface area contributed by atoms with E-state index in [1.807, 2.05) is 49.4 Å². The number of aliphatic carboxylic acids is 1. The first-order valence-electron chi connectivity index (χ1n) is 7.13. The number of hydrogen-bond donors (Lipinski definition) is 1. The Bertz CT molecular complexity index is 701. The smallest absolute Gasteiger partial charge is 0.330 e. The van der Waals surface area contributed by atoms with Crippen molar-refractivity contribution in [1.82, 2.24) is 0 Å². The lowest BCUT2D eigenvalue weighted by molar-refractivity contribution is -0.132. The average molecular weight is 296 g/mol. The molecule has 1 N–H and O–H groups in total. The van der Waals surface area contributed by atoms with Crippen LogP contribution in [-0.4, -0.2) is 18.2 Å². The Kier molecular flexibility index (Phi) is 4.99. The number of allylic oxidation sites excluding steroid dienone is 1. The third kappa shape index (κ3) is 3.76. The Morgan fingerprint density at radius 2 is 1.77 bits per heavy atom. The molecule has 0 radical (unpaired) electrons. The van der Waals surface area contributed by atoms with Gasteiger partial charge >= 0.3 is 5.97 Å². The second-order valence-electron chi connectivity index (χ2n) is 5.32. The van der Waals surface area contributed by atoms with E-state index in [-0.39, 0.29) is 5.92 Å². The number of methoxy groups -OCH3 is 1. The molecule has 0 amide bonds. The molecule has 0 fully saturated rings. The first kappa shape index (κ1) is 15.8. The fraction of sp³-hybridized carbons (Fsp3) is 0.211. The van der Waals surface area contributed by atoms with Crippen LogP contribution in [0.2, 0.25) is 0 Å². The van der Waals surface area contributed by atoms with E-state index in [4.69, 9.17) is 4.74 Å². The molecule has 0 heterocycles. The monoisotopic (exact) mass is 296 g/mol. The molecule has 22 heavy (non-hydrogen) atoms. The third-order valence-corrected chi connectivity index (χ3v) is 3.61. The molecule has 2 rings (SSSR count). The molecule has 1 atom stereocenters. The van der Waals surface area contributed by atoms with Crippen molar-refractivity contribution >= 4 is 5.97 Å². The van der Waals surface area contributed by atoms with E-state index in [9.17, 15) is 9.90 Å². The maximum absolute atomic E-state index is 11.2. The van der Waals surface area contributed by atoms with Gasteiger partial charge in [0.05, 0.1) is 7.11 Å². The minimum absolute atomic E-state index is 0.119. The molecule has 3 nitrogen and oxygen atoms in total. The molecule has 1 unspecified atom stereocenters. The minimum Gasteiger partial charge on any atom is -0.497 e. The third-order valence-electron chi connectivity index (χ3n) is 3.61. The number of carboxylic acid groups (broad SMARTS) is 1. The Morgan fingerprint density at radius 3 is 2.36 bits per heavy atom. The zero-order valence-corrected chi connectivity index (χ0v) is 13.0. The summed E-state index contributed by atoms with van der Waals surface area (Å²) in [5, 5.41) is 9.19. The SMILES string of the molecule is COc1cccc(C(/C=C(\C)C(=O)O)c2cccc(C)c2)c1. The van der Waals surface area contributed by atoms with Crippen molar-refractivity contribution in [2.75, 3.05) is 7.11 Å². The predicted molar refractivity (Wildman–Crippen MR) is 87.4 cm³/mol. The summed E-state index contributed by atoms with van der Waals surface area (Å²) in [5.41, 5.74) is 3.54. The number of hydrogen-bond acceptors (Lipinski definition) is 2. The summed E-state index contributed by atoms with van der Waals surface area (Å²) in [5.74, 6) is -0.261. The molecule has 0 saturated heterocycles. The van der Waals surface area contributed by atoms with Crippen LogP contribution in [0.3, 0.4) is 0 Å². The van der Waals surface area contributed by atoms with Gasteiger partial charge in [-0.3, -0.25) is 0 Å². The van der Waals surface area contributed by atoms with Gasteiger partial charge in [-0.05, 0) is 37.1 Å². The van der Waals surface area contributed by atoms with Crippen molar-refractivity contribution in [1.29, 1.82) is 0 Å². The zero-order valence-electron chi connectivity index (χ0n) is 13.0. The van der Waals surface area contributed by atoms with Crippen LogP contribution in [0.1, 0.15) is 29.5 Å². The Hall–Kier alpha value is -2.55. The highest BCUT2D eigenvalue weighted by molar-refractivity contribution is 5.86. The Morgan fingerprint density at radius 1 is 1.14 bits per heavy atom. The number of rotatable bonds is 5. The molecule has 0 spiro atoms. The van der Waals surface area contributed by atoms with Crippen LogP contribution in [0, 0.1) is 6.92 Å². The average Bonchev–Trinajstić information content (AvgIpc) is 2.52. The van der Waals surface area contributed by atoms with Crippen LogP contribution >= 0.6 is 0 Å². The maximum Gasteiger partial charge on any atom is 0.330 e. The van der Waals surface area contributed by atoms with Crippen LogP contribution in [0.15, 0.2) is 60.2 Å². The maximum atomic E-state index is 11.2. The van der Waals surface area contributed by atoms with Gasteiger partial charge in [0.2, 0.25) is 0 Å². The number of aryl methyl sites for hydroxylation is 1. The molecular weight excluding hydrogens is 276 g/mol. The van der Waals surface area contributed by atoms with Gasteiger partial charge < -0.3 is 9.84 Å². The quantitative estimate of drug-likeness (QED) is 0.842. The normalized spacial score (nSPS) is 12.8. The summed E-state index contributed by atoms with van der Waals surface area (Å²) in [6.07, 6.45) is 1.78. The van der Waals surface area contributed by atoms with E-state index in [1.54, 1.807) is 20.1 Å². The molecule has 0 bridgehead atoms. The first-order valence-corrected chi connectivity index (χ1v) is 7.13. The van der Waals surface area contributed by atoms with E-state index in [2.05, 4.69) is 6.07 Å². The van der Waals surface area contributed by atoms with Gasteiger partial charge in [0.25, 0.3) is 0 Å². The largest absolute Gasteiger partial charge is 0.497 e. The van der Waals surface area contributed by atoms with Crippen LogP contribution < -0.4 is 4.74 Å². The fourth-order valence-electron chi connectivity index (χ4n) is 2.40. The van der Waals surface area contributed by atoms with Crippen LogP contribution in [-0.2, 0) is 4.79 Å². The van der Waals surface area contributed by atoms with Crippen LogP contribution in [0.25, 0.3) is 0 Å². The molecule has 0 aliphatic carbocycles. The lowest BCUT2D eigenvalue weighted by Gasteiger charge is -2.16. The Balaban J connectivity index is 2.54. The van der Waals surface area contributed by atoms with Gasteiger partial charge in [-0.2, -0.15) is 0 Å². The van der Waals surface area contributed by atoms with Crippen LogP contribution in [0.4, 0.5) is 0 Å². The number of ether oxygens (including phenoxy) is 1. The molecule has 114 valence electrons. The van der Waals surface area contributed by atoms with Crippen molar-refractivity contribution < 1.29 is 14.6 Å². The van der Waals surface area contributed by atoms with Gasteiger partial charge in [0.15, 0.2) is 0 Å². The molecule has 0 aliphatic rings. The number of carboxylic acids is 1. The first-order chi connectivity index (χ1) is 10.5.